The van der Waals surface area contributed by atoms with E-state index < -0.39 is 11.8 Å². The van der Waals surface area contributed by atoms with Crippen molar-refractivity contribution in [3.8, 4) is 6.07 Å². The summed E-state index contributed by atoms with van der Waals surface area (Å²) in [6, 6.07) is 6.42. The van der Waals surface area contributed by atoms with Crippen LogP contribution in [0.2, 0.25) is 0 Å². The van der Waals surface area contributed by atoms with Crippen molar-refractivity contribution in [3.05, 3.63) is 29.6 Å². The maximum atomic E-state index is 14.1. The molecule has 1 aromatic rings. The molecule has 1 unspecified atom stereocenters. The van der Waals surface area contributed by atoms with Crippen molar-refractivity contribution in [2.45, 2.75) is 38.1 Å². The standard InChI is InChI=1S/C15H17FN2O2/c16-13-9-11(10-17)4-6-14(13)18-8-2-1-3-12(18)5-7-15(19)20/h4,6,9,12H,1-3,5,7-8H2,(H,19,20). The Kier molecular flexibility index (Phi) is 4.57. The molecule has 1 aliphatic rings. The molecule has 0 spiro atoms. The molecule has 20 heavy (non-hydrogen) atoms. The van der Waals surface area contributed by atoms with Crippen LogP contribution in [0.4, 0.5) is 10.1 Å². The van der Waals surface area contributed by atoms with Gasteiger partial charge in [-0.25, -0.2) is 4.39 Å². The Balaban J connectivity index is 2.19. The van der Waals surface area contributed by atoms with E-state index in [0.717, 1.165) is 25.8 Å². The summed E-state index contributed by atoms with van der Waals surface area (Å²) in [5.41, 5.74) is 0.768. The molecule has 0 aliphatic carbocycles. The van der Waals surface area contributed by atoms with Crippen molar-refractivity contribution >= 4 is 11.7 Å². The van der Waals surface area contributed by atoms with Gasteiger partial charge in [-0.3, -0.25) is 4.79 Å². The molecule has 0 amide bonds. The van der Waals surface area contributed by atoms with Crippen LogP contribution < -0.4 is 4.90 Å². The molecular formula is C15H17FN2O2. The lowest BCUT2D eigenvalue weighted by atomic mass is 9.97. The Morgan fingerprint density at radius 1 is 1.50 bits per heavy atom. The second-order valence-electron chi connectivity index (χ2n) is 5.05. The fourth-order valence-corrected chi connectivity index (χ4v) is 2.72. The van der Waals surface area contributed by atoms with Crippen LogP contribution in [-0.4, -0.2) is 23.7 Å². The van der Waals surface area contributed by atoms with Crippen LogP contribution in [0.25, 0.3) is 0 Å². The third-order valence-electron chi connectivity index (χ3n) is 3.70. The maximum absolute atomic E-state index is 14.1. The molecule has 0 bridgehead atoms. The van der Waals surface area contributed by atoms with Gasteiger partial charge in [-0.15, -0.1) is 0 Å². The molecule has 1 aromatic carbocycles. The van der Waals surface area contributed by atoms with E-state index in [1.54, 1.807) is 12.1 Å². The first kappa shape index (κ1) is 14.3. The number of piperidine rings is 1. The molecule has 1 atom stereocenters. The second-order valence-corrected chi connectivity index (χ2v) is 5.05. The SMILES string of the molecule is N#Cc1ccc(N2CCCCC2CCC(=O)O)c(F)c1. The van der Waals surface area contributed by atoms with Gasteiger partial charge >= 0.3 is 5.97 Å². The summed E-state index contributed by atoms with van der Waals surface area (Å²) in [5, 5.41) is 17.6. The molecule has 4 nitrogen and oxygen atoms in total. The van der Waals surface area contributed by atoms with E-state index in [9.17, 15) is 9.18 Å². The number of carboxylic acids is 1. The van der Waals surface area contributed by atoms with Crippen LogP contribution in [0.5, 0.6) is 0 Å². The van der Waals surface area contributed by atoms with Crippen LogP contribution in [0.1, 0.15) is 37.7 Å². The Morgan fingerprint density at radius 2 is 2.30 bits per heavy atom. The van der Waals surface area contributed by atoms with E-state index in [2.05, 4.69) is 0 Å². The molecule has 0 aromatic heterocycles. The predicted molar refractivity (Wildman–Crippen MR) is 73.0 cm³/mol. The molecule has 1 fully saturated rings. The molecule has 5 heteroatoms. The number of aliphatic carboxylic acids is 1. The number of carboxylic acid groups (broad SMARTS) is 1. The summed E-state index contributed by atoms with van der Waals surface area (Å²) < 4.78 is 14.1. The number of benzene rings is 1. The van der Waals surface area contributed by atoms with Crippen LogP contribution >= 0.6 is 0 Å². The predicted octanol–water partition coefficient (Wildman–Crippen LogP) is 2.92. The summed E-state index contributed by atoms with van der Waals surface area (Å²) in [4.78, 5) is 12.7. The number of carbonyl (C=O) groups is 1. The minimum Gasteiger partial charge on any atom is -0.481 e. The normalized spacial score (nSPS) is 18.6. The van der Waals surface area contributed by atoms with Gasteiger partial charge in [-0.1, -0.05) is 0 Å². The molecule has 0 radical (unpaired) electrons. The molecule has 106 valence electrons. The Hall–Kier alpha value is -2.09. The lowest BCUT2D eigenvalue weighted by Crippen LogP contribution is -2.40. The van der Waals surface area contributed by atoms with Gasteiger partial charge in [0.2, 0.25) is 0 Å². The van der Waals surface area contributed by atoms with Crippen molar-refractivity contribution in [1.29, 1.82) is 5.26 Å². The third-order valence-corrected chi connectivity index (χ3v) is 3.70. The van der Waals surface area contributed by atoms with Gasteiger partial charge in [0.1, 0.15) is 5.82 Å². The number of hydrogen-bond donors (Lipinski definition) is 1. The van der Waals surface area contributed by atoms with Gasteiger partial charge in [0, 0.05) is 19.0 Å². The third kappa shape index (κ3) is 3.27. The van der Waals surface area contributed by atoms with Gasteiger partial charge in [0.05, 0.1) is 17.3 Å². The Morgan fingerprint density at radius 3 is 2.95 bits per heavy atom. The first-order chi connectivity index (χ1) is 9.61. The zero-order valence-corrected chi connectivity index (χ0v) is 11.2. The lowest BCUT2D eigenvalue weighted by molar-refractivity contribution is -0.137. The number of hydrogen-bond acceptors (Lipinski definition) is 3. The van der Waals surface area contributed by atoms with Crippen molar-refractivity contribution in [2.24, 2.45) is 0 Å². The number of halogens is 1. The summed E-state index contributed by atoms with van der Waals surface area (Å²) in [7, 11) is 0. The van der Waals surface area contributed by atoms with Gasteiger partial charge < -0.3 is 10.0 Å². The molecule has 1 saturated heterocycles. The summed E-state index contributed by atoms with van der Waals surface area (Å²) in [6.45, 7) is 0.729. The average molecular weight is 276 g/mol. The molecular weight excluding hydrogens is 259 g/mol. The highest BCUT2D eigenvalue weighted by molar-refractivity contribution is 5.66. The van der Waals surface area contributed by atoms with Gasteiger partial charge in [-0.2, -0.15) is 5.26 Å². The van der Waals surface area contributed by atoms with E-state index in [1.165, 1.54) is 6.07 Å². The van der Waals surface area contributed by atoms with Crippen molar-refractivity contribution in [1.82, 2.24) is 0 Å². The minimum absolute atomic E-state index is 0.0577. The van der Waals surface area contributed by atoms with E-state index in [0.29, 0.717) is 17.7 Å². The van der Waals surface area contributed by atoms with E-state index >= 15 is 0 Å². The molecule has 1 N–H and O–H groups in total. The van der Waals surface area contributed by atoms with Crippen molar-refractivity contribution < 1.29 is 14.3 Å². The summed E-state index contributed by atoms with van der Waals surface area (Å²) in [6.07, 6.45) is 3.52. The quantitative estimate of drug-likeness (QED) is 0.918. The molecule has 1 heterocycles. The highest BCUT2D eigenvalue weighted by Gasteiger charge is 2.25. The number of nitriles is 1. The minimum atomic E-state index is -0.823. The first-order valence-electron chi connectivity index (χ1n) is 6.80. The number of rotatable bonds is 4. The molecule has 2 rings (SSSR count). The average Bonchev–Trinajstić information content (AvgIpc) is 2.45. The highest BCUT2D eigenvalue weighted by Crippen LogP contribution is 2.29. The first-order valence-corrected chi connectivity index (χ1v) is 6.80. The summed E-state index contributed by atoms with van der Waals surface area (Å²) in [5.74, 6) is -1.23. The highest BCUT2D eigenvalue weighted by atomic mass is 19.1. The van der Waals surface area contributed by atoms with Gasteiger partial charge in [-0.05, 0) is 43.9 Å². The van der Waals surface area contributed by atoms with E-state index in [4.69, 9.17) is 10.4 Å². The van der Waals surface area contributed by atoms with E-state index in [1.807, 2.05) is 11.0 Å². The fraction of sp³-hybridized carbons (Fsp3) is 0.467. The topological polar surface area (TPSA) is 64.3 Å². The van der Waals surface area contributed by atoms with Crippen LogP contribution in [0, 0.1) is 17.1 Å². The zero-order chi connectivity index (χ0) is 14.5. The largest absolute Gasteiger partial charge is 0.481 e. The lowest BCUT2D eigenvalue weighted by Gasteiger charge is -2.37. The van der Waals surface area contributed by atoms with Crippen molar-refractivity contribution in [3.63, 3.8) is 0 Å². The molecule has 0 saturated carbocycles. The number of anilines is 1. The Labute approximate surface area is 117 Å². The van der Waals surface area contributed by atoms with Gasteiger partial charge in [0.15, 0.2) is 0 Å². The van der Waals surface area contributed by atoms with E-state index in [-0.39, 0.29) is 12.5 Å². The fourth-order valence-electron chi connectivity index (χ4n) is 2.72. The molecule has 1 aliphatic heterocycles. The van der Waals surface area contributed by atoms with Crippen LogP contribution in [-0.2, 0) is 4.79 Å². The monoisotopic (exact) mass is 276 g/mol. The smallest absolute Gasteiger partial charge is 0.303 e. The van der Waals surface area contributed by atoms with Gasteiger partial charge in [0.25, 0.3) is 0 Å². The van der Waals surface area contributed by atoms with Crippen LogP contribution in [0.15, 0.2) is 18.2 Å². The van der Waals surface area contributed by atoms with Crippen molar-refractivity contribution in [2.75, 3.05) is 11.4 Å². The summed E-state index contributed by atoms with van der Waals surface area (Å²) >= 11 is 0. The second kappa shape index (κ2) is 6.38. The maximum Gasteiger partial charge on any atom is 0.303 e. The Bertz CT molecular complexity index is 539. The van der Waals surface area contributed by atoms with Crippen LogP contribution in [0.3, 0.4) is 0 Å². The zero-order valence-electron chi connectivity index (χ0n) is 11.2. The number of nitrogens with zero attached hydrogens (tertiary/aromatic N) is 2.